The normalized spacial score (nSPS) is 17.7. The first-order chi connectivity index (χ1) is 9.20. The van der Waals surface area contributed by atoms with E-state index in [1.807, 2.05) is 5.38 Å². The lowest BCUT2D eigenvalue weighted by atomic mass is 9.86. The van der Waals surface area contributed by atoms with E-state index in [0.717, 1.165) is 30.7 Å². The van der Waals surface area contributed by atoms with E-state index in [1.165, 1.54) is 11.3 Å². The van der Waals surface area contributed by atoms with Crippen LogP contribution in [0, 0.1) is 5.41 Å². The van der Waals surface area contributed by atoms with Gasteiger partial charge in [0.25, 0.3) is 0 Å². The maximum atomic E-state index is 11.5. The van der Waals surface area contributed by atoms with E-state index >= 15 is 0 Å². The Labute approximate surface area is 114 Å². The summed E-state index contributed by atoms with van der Waals surface area (Å²) in [6, 6.07) is 0. The first kappa shape index (κ1) is 12.3. The van der Waals surface area contributed by atoms with Crippen LogP contribution in [0.2, 0.25) is 0 Å². The molecule has 7 heteroatoms. The molecule has 0 atom stereocenters. The minimum absolute atomic E-state index is 0.390. The van der Waals surface area contributed by atoms with Gasteiger partial charge in [-0.3, -0.25) is 9.48 Å². The Hall–Kier alpha value is -1.76. The van der Waals surface area contributed by atoms with Crippen LogP contribution in [-0.4, -0.2) is 31.1 Å². The molecular formula is C12H14N4O2S. The second-order valence-corrected chi connectivity index (χ2v) is 5.83. The van der Waals surface area contributed by atoms with Gasteiger partial charge >= 0.3 is 5.97 Å². The number of nitrogens with zero attached hydrogens (tertiary/aromatic N) is 4. The summed E-state index contributed by atoms with van der Waals surface area (Å²) in [5.74, 6) is -0.726. The van der Waals surface area contributed by atoms with Crippen molar-refractivity contribution < 1.29 is 9.90 Å². The molecule has 0 aliphatic heterocycles. The number of rotatable bonds is 4. The van der Waals surface area contributed by atoms with E-state index in [-0.39, 0.29) is 0 Å². The molecule has 19 heavy (non-hydrogen) atoms. The summed E-state index contributed by atoms with van der Waals surface area (Å²) < 4.78 is 1.64. The van der Waals surface area contributed by atoms with Gasteiger partial charge in [0.05, 0.1) is 18.2 Å². The van der Waals surface area contributed by atoms with Crippen molar-refractivity contribution >= 4 is 17.3 Å². The molecule has 0 bridgehead atoms. The van der Waals surface area contributed by atoms with Crippen molar-refractivity contribution in [1.82, 2.24) is 20.0 Å². The SMILES string of the molecule is O=C(O)C1(Cn2cc(-c3nccs3)nn2)CCCC1. The maximum absolute atomic E-state index is 11.5. The molecule has 0 unspecified atom stereocenters. The molecule has 0 saturated heterocycles. The molecule has 100 valence electrons. The average Bonchev–Trinajstić information content (AvgIpc) is 3.10. The minimum Gasteiger partial charge on any atom is -0.481 e. The zero-order valence-corrected chi connectivity index (χ0v) is 11.1. The summed E-state index contributed by atoms with van der Waals surface area (Å²) in [4.78, 5) is 15.7. The molecule has 1 saturated carbocycles. The number of aliphatic carboxylic acids is 1. The molecule has 0 spiro atoms. The first-order valence-corrected chi connectivity index (χ1v) is 7.11. The molecule has 1 aliphatic rings. The van der Waals surface area contributed by atoms with Gasteiger partial charge in [0.1, 0.15) is 10.7 Å². The van der Waals surface area contributed by atoms with Crippen LogP contribution in [0.15, 0.2) is 17.8 Å². The fourth-order valence-electron chi connectivity index (χ4n) is 2.63. The molecule has 1 N–H and O–H groups in total. The van der Waals surface area contributed by atoms with Crippen LogP contribution in [0.4, 0.5) is 0 Å². The Kier molecular flexibility index (Phi) is 3.06. The van der Waals surface area contributed by atoms with Crippen molar-refractivity contribution in [3.8, 4) is 10.7 Å². The van der Waals surface area contributed by atoms with E-state index < -0.39 is 11.4 Å². The smallest absolute Gasteiger partial charge is 0.311 e. The first-order valence-electron chi connectivity index (χ1n) is 6.23. The standard InChI is InChI=1S/C12H14N4O2S/c17-11(18)12(3-1-2-4-12)8-16-7-9(14-15-16)10-13-5-6-19-10/h5-7H,1-4,8H2,(H,17,18). The monoisotopic (exact) mass is 278 g/mol. The van der Waals surface area contributed by atoms with E-state index in [4.69, 9.17) is 0 Å². The lowest BCUT2D eigenvalue weighted by Crippen LogP contribution is -2.33. The lowest BCUT2D eigenvalue weighted by Gasteiger charge is -2.22. The van der Waals surface area contributed by atoms with Crippen LogP contribution in [0.3, 0.4) is 0 Å². The van der Waals surface area contributed by atoms with Crippen molar-refractivity contribution in [2.75, 3.05) is 0 Å². The van der Waals surface area contributed by atoms with Gasteiger partial charge in [-0.25, -0.2) is 4.98 Å². The van der Waals surface area contributed by atoms with Gasteiger partial charge in [-0.15, -0.1) is 16.4 Å². The van der Waals surface area contributed by atoms with Gasteiger partial charge in [-0.05, 0) is 12.8 Å². The topological polar surface area (TPSA) is 80.9 Å². The second-order valence-electron chi connectivity index (χ2n) is 4.93. The van der Waals surface area contributed by atoms with Crippen molar-refractivity contribution in [3.63, 3.8) is 0 Å². The highest BCUT2D eigenvalue weighted by Crippen LogP contribution is 2.39. The zero-order valence-electron chi connectivity index (χ0n) is 10.3. The summed E-state index contributed by atoms with van der Waals surface area (Å²) in [5, 5.41) is 20.2. The predicted octanol–water partition coefficient (Wildman–Crippen LogP) is 2.05. The second kappa shape index (κ2) is 4.73. The highest BCUT2D eigenvalue weighted by Gasteiger charge is 2.42. The molecule has 2 heterocycles. The van der Waals surface area contributed by atoms with Gasteiger partial charge in [-0.2, -0.15) is 0 Å². The van der Waals surface area contributed by atoms with E-state index in [0.29, 0.717) is 12.2 Å². The van der Waals surface area contributed by atoms with Crippen LogP contribution in [0.25, 0.3) is 10.7 Å². The van der Waals surface area contributed by atoms with E-state index in [2.05, 4.69) is 15.3 Å². The fourth-order valence-corrected chi connectivity index (χ4v) is 3.21. The molecule has 0 amide bonds. The Balaban J connectivity index is 1.82. The van der Waals surface area contributed by atoms with Gasteiger partial charge < -0.3 is 5.11 Å². The molecule has 0 radical (unpaired) electrons. The predicted molar refractivity (Wildman–Crippen MR) is 69.7 cm³/mol. The number of hydrogen-bond donors (Lipinski definition) is 1. The van der Waals surface area contributed by atoms with Gasteiger partial charge in [0, 0.05) is 11.6 Å². The Bertz CT molecular complexity index is 572. The number of thiazole rings is 1. The summed E-state index contributed by atoms with van der Waals surface area (Å²) in [6.07, 6.45) is 6.88. The molecular weight excluding hydrogens is 264 g/mol. The molecule has 1 aliphatic carbocycles. The van der Waals surface area contributed by atoms with Crippen LogP contribution in [0.1, 0.15) is 25.7 Å². The highest BCUT2D eigenvalue weighted by molar-refractivity contribution is 7.13. The number of hydrogen-bond acceptors (Lipinski definition) is 5. The molecule has 3 rings (SSSR count). The van der Waals surface area contributed by atoms with Crippen molar-refractivity contribution in [2.45, 2.75) is 32.2 Å². The highest BCUT2D eigenvalue weighted by atomic mass is 32.1. The summed E-state index contributed by atoms with van der Waals surface area (Å²) in [7, 11) is 0. The third kappa shape index (κ3) is 2.25. The van der Waals surface area contributed by atoms with Crippen molar-refractivity contribution in [1.29, 1.82) is 0 Å². The van der Waals surface area contributed by atoms with Gasteiger partial charge in [-0.1, -0.05) is 18.1 Å². The van der Waals surface area contributed by atoms with E-state index in [1.54, 1.807) is 17.1 Å². The number of carboxylic acid groups (broad SMARTS) is 1. The van der Waals surface area contributed by atoms with Gasteiger partial charge in [0.2, 0.25) is 0 Å². The number of carboxylic acids is 1. The molecule has 2 aromatic heterocycles. The number of carbonyl (C=O) groups is 1. The quantitative estimate of drug-likeness (QED) is 0.925. The van der Waals surface area contributed by atoms with Crippen molar-refractivity contribution in [2.24, 2.45) is 5.41 Å². The molecule has 2 aromatic rings. The maximum Gasteiger partial charge on any atom is 0.311 e. The molecule has 1 fully saturated rings. The average molecular weight is 278 g/mol. The Morgan fingerprint density at radius 1 is 1.47 bits per heavy atom. The van der Waals surface area contributed by atoms with Crippen LogP contribution in [-0.2, 0) is 11.3 Å². The molecule has 6 nitrogen and oxygen atoms in total. The third-order valence-corrected chi connectivity index (χ3v) is 4.46. The zero-order chi connectivity index (χ0) is 13.3. The minimum atomic E-state index is -0.726. The van der Waals surface area contributed by atoms with Crippen molar-refractivity contribution in [3.05, 3.63) is 17.8 Å². The van der Waals surface area contributed by atoms with Crippen LogP contribution >= 0.6 is 11.3 Å². The summed E-state index contributed by atoms with van der Waals surface area (Å²) >= 11 is 1.49. The fraction of sp³-hybridized carbons (Fsp3) is 0.500. The number of aromatic nitrogens is 4. The lowest BCUT2D eigenvalue weighted by molar-refractivity contribution is -0.149. The Morgan fingerprint density at radius 3 is 2.89 bits per heavy atom. The van der Waals surface area contributed by atoms with E-state index in [9.17, 15) is 9.90 Å². The Morgan fingerprint density at radius 2 is 2.26 bits per heavy atom. The largest absolute Gasteiger partial charge is 0.481 e. The van der Waals surface area contributed by atoms with Gasteiger partial charge in [0.15, 0.2) is 0 Å². The molecule has 0 aromatic carbocycles. The summed E-state index contributed by atoms with van der Waals surface area (Å²) in [5.41, 5.74) is 0.0296. The van der Waals surface area contributed by atoms with Crippen LogP contribution < -0.4 is 0 Å². The third-order valence-electron chi connectivity index (χ3n) is 3.67. The summed E-state index contributed by atoms with van der Waals surface area (Å²) in [6.45, 7) is 0.390. The van der Waals surface area contributed by atoms with Crippen LogP contribution in [0.5, 0.6) is 0 Å².